The molecule has 19 heavy (non-hydrogen) atoms. The molecule has 0 saturated carbocycles. The Bertz CT molecular complexity index is 290. The molecule has 0 bridgehead atoms. The van der Waals surface area contributed by atoms with E-state index in [0.717, 1.165) is 25.7 Å². The molecule has 0 rings (SSSR count). The van der Waals surface area contributed by atoms with E-state index in [1.165, 1.54) is 0 Å². The number of Topliss-reactive ketones (excluding diaryl/α,β-unsaturated/α-hetero) is 1. The van der Waals surface area contributed by atoms with Gasteiger partial charge in [0.15, 0.2) is 5.78 Å². The topological polar surface area (TPSA) is 75.3 Å². The molecule has 5 nitrogen and oxygen atoms in total. The first-order valence-electron chi connectivity index (χ1n) is 7.00. The number of nitrogens with one attached hydrogen (secondary N) is 2. The van der Waals surface area contributed by atoms with Crippen molar-refractivity contribution in [2.75, 3.05) is 13.1 Å². The van der Waals surface area contributed by atoms with Crippen molar-refractivity contribution < 1.29 is 14.4 Å². The number of carbonyl (C=O) groups is 3. The summed E-state index contributed by atoms with van der Waals surface area (Å²) in [6, 6.07) is -0.376. The minimum absolute atomic E-state index is 0.0738. The van der Waals surface area contributed by atoms with Crippen LogP contribution in [0.3, 0.4) is 0 Å². The van der Waals surface area contributed by atoms with E-state index < -0.39 is 0 Å². The molecule has 0 heterocycles. The Morgan fingerprint density at radius 2 is 1.89 bits per heavy atom. The molecular formula is C14H26N2O3. The van der Waals surface area contributed by atoms with E-state index in [9.17, 15) is 14.4 Å². The van der Waals surface area contributed by atoms with E-state index in [2.05, 4.69) is 10.6 Å². The lowest BCUT2D eigenvalue weighted by Gasteiger charge is -2.19. The van der Waals surface area contributed by atoms with E-state index in [0.29, 0.717) is 19.4 Å². The van der Waals surface area contributed by atoms with Crippen molar-refractivity contribution in [2.45, 2.75) is 52.5 Å². The molecule has 0 aliphatic rings. The summed E-state index contributed by atoms with van der Waals surface area (Å²) in [7, 11) is 0. The predicted molar refractivity (Wildman–Crippen MR) is 74.9 cm³/mol. The standard InChI is InChI=1S/C14H26N2O3/c1-4-13(18)16-12(14(19)11(2)3)7-5-6-8-15-9-10-17/h10-12,15H,4-9H2,1-3H3,(H,16,18). The van der Waals surface area contributed by atoms with E-state index in [4.69, 9.17) is 0 Å². The Labute approximate surface area is 115 Å². The van der Waals surface area contributed by atoms with Gasteiger partial charge in [-0.1, -0.05) is 20.8 Å². The van der Waals surface area contributed by atoms with Crippen LogP contribution >= 0.6 is 0 Å². The highest BCUT2D eigenvalue weighted by molar-refractivity contribution is 5.90. The van der Waals surface area contributed by atoms with Gasteiger partial charge in [-0.05, 0) is 25.8 Å². The van der Waals surface area contributed by atoms with Gasteiger partial charge in [-0.25, -0.2) is 0 Å². The van der Waals surface area contributed by atoms with Gasteiger partial charge in [0.1, 0.15) is 6.29 Å². The highest BCUT2D eigenvalue weighted by Crippen LogP contribution is 2.08. The molecule has 0 aromatic rings. The molecule has 1 atom stereocenters. The van der Waals surface area contributed by atoms with Crippen LogP contribution in [0.2, 0.25) is 0 Å². The van der Waals surface area contributed by atoms with Crippen LogP contribution in [0.5, 0.6) is 0 Å². The molecular weight excluding hydrogens is 244 g/mol. The highest BCUT2D eigenvalue weighted by Gasteiger charge is 2.21. The Morgan fingerprint density at radius 3 is 2.42 bits per heavy atom. The summed E-state index contributed by atoms with van der Waals surface area (Å²) in [5, 5.41) is 5.76. The second kappa shape index (κ2) is 10.7. The van der Waals surface area contributed by atoms with Crippen molar-refractivity contribution >= 4 is 18.0 Å². The molecule has 2 N–H and O–H groups in total. The van der Waals surface area contributed by atoms with E-state index in [-0.39, 0.29) is 23.7 Å². The fourth-order valence-corrected chi connectivity index (χ4v) is 1.74. The summed E-state index contributed by atoms with van der Waals surface area (Å²) in [6.07, 6.45) is 3.61. The maximum atomic E-state index is 12.0. The molecule has 1 amide bonds. The van der Waals surface area contributed by atoms with Crippen LogP contribution in [-0.4, -0.2) is 37.1 Å². The molecule has 0 radical (unpaired) electrons. The molecule has 0 aromatic heterocycles. The van der Waals surface area contributed by atoms with Gasteiger partial charge in [-0.3, -0.25) is 9.59 Å². The summed E-state index contributed by atoms with van der Waals surface area (Å²) in [5.41, 5.74) is 0. The molecule has 1 unspecified atom stereocenters. The minimum atomic E-state index is -0.376. The first kappa shape index (κ1) is 17.8. The van der Waals surface area contributed by atoms with Crippen LogP contribution < -0.4 is 10.6 Å². The van der Waals surface area contributed by atoms with Gasteiger partial charge in [0, 0.05) is 12.3 Å². The second-order valence-electron chi connectivity index (χ2n) is 4.90. The monoisotopic (exact) mass is 270 g/mol. The normalized spacial score (nSPS) is 12.2. The average molecular weight is 270 g/mol. The van der Waals surface area contributed by atoms with Crippen molar-refractivity contribution in [3.05, 3.63) is 0 Å². The van der Waals surface area contributed by atoms with Crippen molar-refractivity contribution in [3.63, 3.8) is 0 Å². The zero-order chi connectivity index (χ0) is 14.7. The molecule has 0 aromatic carbocycles. The lowest BCUT2D eigenvalue weighted by Crippen LogP contribution is -2.42. The highest BCUT2D eigenvalue weighted by atomic mass is 16.2. The molecule has 0 aliphatic carbocycles. The van der Waals surface area contributed by atoms with Crippen LogP contribution in [0.15, 0.2) is 0 Å². The molecule has 0 saturated heterocycles. The number of carbonyl (C=O) groups excluding carboxylic acids is 3. The Kier molecular flexibility index (Phi) is 9.98. The number of hydrogen-bond acceptors (Lipinski definition) is 4. The molecule has 0 spiro atoms. The molecule has 110 valence electrons. The van der Waals surface area contributed by atoms with Crippen LogP contribution in [0, 0.1) is 5.92 Å². The SMILES string of the molecule is CCC(=O)NC(CCCCNCC=O)C(=O)C(C)C. The molecule has 0 fully saturated rings. The third-order valence-corrected chi connectivity index (χ3v) is 2.89. The number of rotatable bonds is 11. The number of amides is 1. The Balaban J connectivity index is 4.08. The van der Waals surface area contributed by atoms with Crippen molar-refractivity contribution in [2.24, 2.45) is 5.92 Å². The Morgan fingerprint density at radius 1 is 1.21 bits per heavy atom. The third kappa shape index (κ3) is 8.48. The zero-order valence-corrected chi connectivity index (χ0v) is 12.2. The second-order valence-corrected chi connectivity index (χ2v) is 4.90. The van der Waals surface area contributed by atoms with E-state index in [1.54, 1.807) is 6.92 Å². The van der Waals surface area contributed by atoms with Gasteiger partial charge < -0.3 is 15.4 Å². The predicted octanol–water partition coefficient (Wildman–Crippen LogP) is 1.07. The lowest BCUT2D eigenvalue weighted by atomic mass is 9.97. The van der Waals surface area contributed by atoms with Gasteiger partial charge in [0.25, 0.3) is 0 Å². The maximum Gasteiger partial charge on any atom is 0.220 e. The van der Waals surface area contributed by atoms with E-state index >= 15 is 0 Å². The quantitative estimate of drug-likeness (QED) is 0.435. The summed E-state index contributed by atoms with van der Waals surface area (Å²) in [4.78, 5) is 33.5. The number of aldehydes is 1. The summed E-state index contributed by atoms with van der Waals surface area (Å²) < 4.78 is 0. The van der Waals surface area contributed by atoms with Crippen molar-refractivity contribution in [3.8, 4) is 0 Å². The van der Waals surface area contributed by atoms with Gasteiger partial charge in [0.2, 0.25) is 5.91 Å². The lowest BCUT2D eigenvalue weighted by molar-refractivity contribution is -0.129. The van der Waals surface area contributed by atoms with Gasteiger partial charge in [-0.15, -0.1) is 0 Å². The van der Waals surface area contributed by atoms with Gasteiger partial charge in [0.05, 0.1) is 12.6 Å². The van der Waals surface area contributed by atoms with Crippen LogP contribution in [0.4, 0.5) is 0 Å². The third-order valence-electron chi connectivity index (χ3n) is 2.89. The first-order chi connectivity index (χ1) is 9.02. The largest absolute Gasteiger partial charge is 0.346 e. The van der Waals surface area contributed by atoms with Gasteiger partial charge in [-0.2, -0.15) is 0 Å². The number of unbranched alkanes of at least 4 members (excludes halogenated alkanes) is 1. The molecule has 0 aliphatic heterocycles. The van der Waals surface area contributed by atoms with Crippen molar-refractivity contribution in [1.29, 1.82) is 0 Å². The maximum absolute atomic E-state index is 12.0. The fraction of sp³-hybridized carbons (Fsp3) is 0.786. The molecule has 5 heteroatoms. The van der Waals surface area contributed by atoms with Crippen molar-refractivity contribution in [1.82, 2.24) is 10.6 Å². The summed E-state index contributed by atoms with van der Waals surface area (Å²) in [6.45, 7) is 6.58. The van der Waals surface area contributed by atoms with Crippen LogP contribution in [-0.2, 0) is 14.4 Å². The van der Waals surface area contributed by atoms with E-state index in [1.807, 2.05) is 13.8 Å². The summed E-state index contributed by atoms with van der Waals surface area (Å²) >= 11 is 0. The smallest absolute Gasteiger partial charge is 0.220 e. The summed E-state index contributed by atoms with van der Waals surface area (Å²) in [5.74, 6) is -0.0731. The van der Waals surface area contributed by atoms with Gasteiger partial charge >= 0.3 is 0 Å². The number of hydrogen-bond donors (Lipinski definition) is 2. The van der Waals surface area contributed by atoms with Crippen LogP contribution in [0.1, 0.15) is 46.5 Å². The minimum Gasteiger partial charge on any atom is -0.346 e. The zero-order valence-electron chi connectivity index (χ0n) is 12.2. The first-order valence-corrected chi connectivity index (χ1v) is 7.00. The fourth-order valence-electron chi connectivity index (χ4n) is 1.74. The van der Waals surface area contributed by atoms with Crippen LogP contribution in [0.25, 0.3) is 0 Å². The number of ketones is 1. The average Bonchev–Trinajstić information content (AvgIpc) is 2.39. The Hall–Kier alpha value is -1.23.